The van der Waals surface area contributed by atoms with E-state index in [9.17, 15) is 4.79 Å². The molecular formula is C28H34N6OS. The largest absolute Gasteiger partial charge is 0.343 e. The lowest BCUT2D eigenvalue weighted by molar-refractivity contribution is -0.132. The average molecular weight is 503 g/mol. The Kier molecular flexibility index (Phi) is 7.05. The fraction of sp³-hybridized carbons (Fsp3) is 0.429. The van der Waals surface area contributed by atoms with Gasteiger partial charge in [0.05, 0.1) is 34.3 Å². The van der Waals surface area contributed by atoms with E-state index in [0.717, 1.165) is 54.7 Å². The molecule has 4 aromatic rings. The predicted molar refractivity (Wildman–Crippen MR) is 147 cm³/mol. The zero-order chi connectivity index (χ0) is 25.2. The van der Waals surface area contributed by atoms with E-state index in [0.29, 0.717) is 18.4 Å². The van der Waals surface area contributed by atoms with Crippen molar-refractivity contribution in [2.45, 2.75) is 65.8 Å². The molecule has 0 bridgehead atoms. The van der Waals surface area contributed by atoms with Gasteiger partial charge >= 0.3 is 0 Å². The van der Waals surface area contributed by atoms with Crippen molar-refractivity contribution < 1.29 is 4.79 Å². The first kappa shape index (κ1) is 24.4. The van der Waals surface area contributed by atoms with Crippen LogP contribution in [-0.2, 0) is 11.2 Å². The summed E-state index contributed by atoms with van der Waals surface area (Å²) in [6, 6.07) is 6.90. The number of rotatable bonds is 7. The van der Waals surface area contributed by atoms with Crippen molar-refractivity contribution in [3.8, 4) is 11.1 Å². The average Bonchev–Trinajstić information content (AvgIpc) is 3.48. The SMILES string of the molecule is CCCc1cccc(-c2c(C)sc3cnc(Nc4cnn(C5CCN(C(=O)CC)CC5)c4)nc23)c1C. The number of thiophene rings is 1. The Bertz CT molecular complexity index is 1380. The Hall–Kier alpha value is -3.26. The van der Waals surface area contributed by atoms with E-state index in [1.165, 1.54) is 27.1 Å². The summed E-state index contributed by atoms with van der Waals surface area (Å²) in [5, 5.41) is 7.95. The number of hydrogen-bond acceptors (Lipinski definition) is 6. The summed E-state index contributed by atoms with van der Waals surface area (Å²) in [6.07, 6.45) is 10.4. The highest BCUT2D eigenvalue weighted by Gasteiger charge is 2.23. The van der Waals surface area contributed by atoms with Crippen LogP contribution in [0.5, 0.6) is 0 Å². The third-order valence-corrected chi connectivity index (χ3v) is 8.22. The maximum Gasteiger partial charge on any atom is 0.227 e. The molecule has 0 atom stereocenters. The number of carbonyl (C=O) groups is 1. The van der Waals surface area contributed by atoms with Crippen molar-refractivity contribution in [3.63, 3.8) is 0 Å². The Morgan fingerprint density at radius 2 is 1.97 bits per heavy atom. The number of amides is 1. The first-order valence-electron chi connectivity index (χ1n) is 12.9. The topological polar surface area (TPSA) is 75.9 Å². The third kappa shape index (κ3) is 4.74. The molecule has 1 N–H and O–H groups in total. The van der Waals surface area contributed by atoms with Gasteiger partial charge in [-0.15, -0.1) is 11.3 Å². The van der Waals surface area contributed by atoms with E-state index >= 15 is 0 Å². The Morgan fingerprint density at radius 3 is 2.72 bits per heavy atom. The number of aryl methyl sites for hydroxylation is 2. The van der Waals surface area contributed by atoms with Crippen molar-refractivity contribution in [1.29, 1.82) is 0 Å². The Morgan fingerprint density at radius 1 is 1.17 bits per heavy atom. The highest BCUT2D eigenvalue weighted by atomic mass is 32.1. The molecule has 8 heteroatoms. The van der Waals surface area contributed by atoms with Crippen LogP contribution in [0.25, 0.3) is 21.3 Å². The summed E-state index contributed by atoms with van der Waals surface area (Å²) in [5.41, 5.74) is 7.07. The van der Waals surface area contributed by atoms with Crippen LogP contribution in [0.4, 0.5) is 11.6 Å². The molecule has 5 rings (SSSR count). The van der Waals surface area contributed by atoms with E-state index in [1.807, 2.05) is 35.1 Å². The number of fused-ring (bicyclic) bond motifs is 1. The fourth-order valence-corrected chi connectivity index (χ4v) is 6.20. The van der Waals surface area contributed by atoms with E-state index in [2.05, 4.69) is 54.4 Å². The molecule has 7 nitrogen and oxygen atoms in total. The molecule has 0 saturated carbocycles. The van der Waals surface area contributed by atoms with E-state index in [-0.39, 0.29) is 5.91 Å². The number of benzene rings is 1. The Labute approximate surface area is 216 Å². The molecule has 1 fully saturated rings. The molecule has 1 saturated heterocycles. The predicted octanol–water partition coefficient (Wildman–Crippen LogP) is 6.44. The van der Waals surface area contributed by atoms with Gasteiger partial charge in [0.2, 0.25) is 11.9 Å². The standard InChI is InChI=1S/C28H34N6OS/c1-5-8-20-9-7-10-23(18(20)3)26-19(4)36-24-16-29-28(32-27(24)26)31-21-15-30-34(17-21)22-11-13-33(14-12-22)25(35)6-2/h7,9-10,15-17,22H,5-6,8,11-14H2,1-4H3,(H,29,31,32). The number of piperidine rings is 1. The normalized spacial score (nSPS) is 14.5. The van der Waals surface area contributed by atoms with Crippen molar-refractivity contribution in [2.24, 2.45) is 0 Å². The second-order valence-corrected chi connectivity index (χ2v) is 10.8. The molecular weight excluding hydrogens is 468 g/mol. The van der Waals surface area contributed by atoms with Crippen LogP contribution in [0.3, 0.4) is 0 Å². The van der Waals surface area contributed by atoms with Gasteiger partial charge < -0.3 is 10.2 Å². The second kappa shape index (κ2) is 10.4. The van der Waals surface area contributed by atoms with Gasteiger partial charge in [0.25, 0.3) is 0 Å². The summed E-state index contributed by atoms with van der Waals surface area (Å²) in [7, 11) is 0. The monoisotopic (exact) mass is 502 g/mol. The van der Waals surface area contributed by atoms with Crippen LogP contribution in [0.1, 0.15) is 61.6 Å². The molecule has 3 aromatic heterocycles. The van der Waals surface area contributed by atoms with Crippen LogP contribution in [0.15, 0.2) is 36.8 Å². The summed E-state index contributed by atoms with van der Waals surface area (Å²) in [5.74, 6) is 0.811. The molecule has 1 aliphatic heterocycles. The number of hydrogen-bond donors (Lipinski definition) is 1. The van der Waals surface area contributed by atoms with Gasteiger partial charge in [-0.2, -0.15) is 5.10 Å². The van der Waals surface area contributed by atoms with Crippen molar-refractivity contribution in [1.82, 2.24) is 24.6 Å². The van der Waals surface area contributed by atoms with Gasteiger partial charge in [-0.05, 0) is 49.8 Å². The highest BCUT2D eigenvalue weighted by molar-refractivity contribution is 7.19. The summed E-state index contributed by atoms with van der Waals surface area (Å²) < 4.78 is 3.11. The number of nitrogens with zero attached hydrogens (tertiary/aromatic N) is 5. The zero-order valence-corrected chi connectivity index (χ0v) is 22.4. The van der Waals surface area contributed by atoms with Crippen molar-refractivity contribution in [3.05, 3.63) is 52.8 Å². The lowest BCUT2D eigenvalue weighted by atomic mass is 9.94. The van der Waals surface area contributed by atoms with Gasteiger partial charge in [-0.3, -0.25) is 9.48 Å². The zero-order valence-electron chi connectivity index (χ0n) is 21.5. The summed E-state index contributed by atoms with van der Waals surface area (Å²) in [6.45, 7) is 10.1. The number of anilines is 2. The number of likely N-dealkylation sites (tertiary alicyclic amines) is 1. The smallest absolute Gasteiger partial charge is 0.227 e. The quantitative estimate of drug-likeness (QED) is 0.315. The molecule has 1 aliphatic rings. The van der Waals surface area contributed by atoms with Crippen LogP contribution >= 0.6 is 11.3 Å². The van der Waals surface area contributed by atoms with Gasteiger partial charge in [0, 0.05) is 36.1 Å². The molecule has 0 aliphatic carbocycles. The Balaban J connectivity index is 1.37. The number of aromatic nitrogens is 4. The first-order valence-corrected chi connectivity index (χ1v) is 13.7. The van der Waals surface area contributed by atoms with Crippen LogP contribution in [0.2, 0.25) is 0 Å². The molecule has 188 valence electrons. The number of nitrogens with one attached hydrogen (secondary N) is 1. The summed E-state index contributed by atoms with van der Waals surface area (Å²) >= 11 is 1.75. The molecule has 1 aromatic carbocycles. The minimum absolute atomic E-state index is 0.235. The van der Waals surface area contributed by atoms with Gasteiger partial charge in [0.15, 0.2) is 0 Å². The van der Waals surface area contributed by atoms with Crippen molar-refractivity contribution in [2.75, 3.05) is 18.4 Å². The third-order valence-electron chi connectivity index (χ3n) is 7.19. The molecule has 0 radical (unpaired) electrons. The second-order valence-electron chi connectivity index (χ2n) is 9.58. The maximum absolute atomic E-state index is 12.0. The highest BCUT2D eigenvalue weighted by Crippen LogP contribution is 2.39. The molecule has 4 heterocycles. The van der Waals surface area contributed by atoms with E-state index in [4.69, 9.17) is 4.98 Å². The van der Waals surface area contributed by atoms with E-state index in [1.54, 1.807) is 11.3 Å². The lowest BCUT2D eigenvalue weighted by Crippen LogP contribution is -2.38. The van der Waals surface area contributed by atoms with Crippen LogP contribution in [-0.4, -0.2) is 43.6 Å². The van der Waals surface area contributed by atoms with E-state index < -0.39 is 0 Å². The van der Waals surface area contributed by atoms with Gasteiger partial charge in [-0.25, -0.2) is 9.97 Å². The molecule has 0 unspecified atom stereocenters. The molecule has 36 heavy (non-hydrogen) atoms. The molecule has 1 amide bonds. The number of carbonyl (C=O) groups excluding carboxylic acids is 1. The first-order chi connectivity index (χ1) is 17.5. The maximum atomic E-state index is 12.0. The molecule has 0 spiro atoms. The fourth-order valence-electron chi connectivity index (χ4n) is 5.21. The van der Waals surface area contributed by atoms with Crippen molar-refractivity contribution >= 4 is 39.1 Å². The van der Waals surface area contributed by atoms with Gasteiger partial charge in [-0.1, -0.05) is 38.5 Å². The minimum Gasteiger partial charge on any atom is -0.343 e. The minimum atomic E-state index is 0.235. The van der Waals surface area contributed by atoms with Gasteiger partial charge in [0.1, 0.15) is 0 Å². The van der Waals surface area contributed by atoms with Crippen LogP contribution < -0.4 is 5.32 Å². The lowest BCUT2D eigenvalue weighted by Gasteiger charge is -2.31. The van der Waals surface area contributed by atoms with Crippen LogP contribution in [0, 0.1) is 13.8 Å². The summed E-state index contributed by atoms with van der Waals surface area (Å²) in [4.78, 5) is 24.7.